The monoisotopic (exact) mass is 355 g/mol. The molecule has 12 nitrogen and oxygen atoms in total. The van der Waals surface area contributed by atoms with Gasteiger partial charge in [0.15, 0.2) is 5.65 Å². The number of carbonyl (C=O) groups excluding carboxylic acids is 2. The highest BCUT2D eigenvalue weighted by molar-refractivity contribution is 5.70. The fraction of sp³-hybridized carbons (Fsp3) is 0.462. The van der Waals surface area contributed by atoms with E-state index in [-0.39, 0.29) is 19.2 Å². The molecule has 25 heavy (non-hydrogen) atoms. The Hall–Kier alpha value is -3.15. The van der Waals surface area contributed by atoms with Gasteiger partial charge < -0.3 is 29.4 Å². The molecule has 12 heteroatoms. The first-order chi connectivity index (χ1) is 12.0. The second-order valence-electron chi connectivity index (χ2n) is 4.49. The normalized spacial score (nSPS) is 11.8. The van der Waals surface area contributed by atoms with Crippen LogP contribution in [0.5, 0.6) is 0 Å². The molecule has 2 heterocycles. The quantitative estimate of drug-likeness (QED) is 0.427. The number of anilines is 1. The SMILES string of the molecule is COC(=O)OCCCOC(OC(=O)OC)n1cnc2cnc(N)nc21. The number of methoxy groups -OCH3 is 2. The molecule has 2 aromatic heterocycles. The van der Waals surface area contributed by atoms with Crippen molar-refractivity contribution in [2.45, 2.75) is 12.8 Å². The van der Waals surface area contributed by atoms with Crippen LogP contribution in [0.25, 0.3) is 11.2 Å². The molecular formula is C13H17N5O7. The van der Waals surface area contributed by atoms with Gasteiger partial charge in [-0.15, -0.1) is 0 Å². The number of rotatable bonds is 7. The first-order valence-electron chi connectivity index (χ1n) is 7.07. The summed E-state index contributed by atoms with van der Waals surface area (Å²) in [5.74, 6) is 0.0255. The van der Waals surface area contributed by atoms with Gasteiger partial charge in [-0.2, -0.15) is 4.98 Å². The number of nitrogens with two attached hydrogens (primary N) is 1. The van der Waals surface area contributed by atoms with Crippen LogP contribution >= 0.6 is 0 Å². The van der Waals surface area contributed by atoms with E-state index in [1.165, 1.54) is 24.2 Å². The van der Waals surface area contributed by atoms with Crippen molar-refractivity contribution in [2.75, 3.05) is 33.2 Å². The number of carbonyl (C=O) groups is 2. The van der Waals surface area contributed by atoms with Crippen molar-refractivity contribution in [1.82, 2.24) is 19.5 Å². The number of ether oxygens (including phenoxy) is 5. The van der Waals surface area contributed by atoms with Crippen LogP contribution in [0, 0.1) is 0 Å². The minimum Gasteiger partial charge on any atom is -0.438 e. The van der Waals surface area contributed by atoms with E-state index in [4.69, 9.17) is 19.9 Å². The summed E-state index contributed by atoms with van der Waals surface area (Å²) >= 11 is 0. The lowest BCUT2D eigenvalue weighted by atomic mass is 10.5. The van der Waals surface area contributed by atoms with Crippen LogP contribution in [0.1, 0.15) is 12.8 Å². The minimum atomic E-state index is -1.20. The van der Waals surface area contributed by atoms with Gasteiger partial charge in [-0.25, -0.2) is 19.6 Å². The lowest BCUT2D eigenvalue weighted by Gasteiger charge is -2.18. The van der Waals surface area contributed by atoms with E-state index in [0.717, 1.165) is 7.11 Å². The molecular weight excluding hydrogens is 338 g/mol. The van der Waals surface area contributed by atoms with Crippen LogP contribution in [-0.2, 0) is 23.7 Å². The average Bonchev–Trinajstić information content (AvgIpc) is 3.02. The maximum Gasteiger partial charge on any atom is 0.511 e. The molecule has 0 amide bonds. The largest absolute Gasteiger partial charge is 0.511 e. The molecule has 1 atom stereocenters. The van der Waals surface area contributed by atoms with Crippen LogP contribution in [0.4, 0.5) is 15.5 Å². The Morgan fingerprint density at radius 1 is 1.20 bits per heavy atom. The number of fused-ring (bicyclic) bond motifs is 1. The van der Waals surface area contributed by atoms with E-state index in [9.17, 15) is 9.59 Å². The van der Waals surface area contributed by atoms with Crippen LogP contribution in [0.15, 0.2) is 12.5 Å². The standard InChI is InChI=1S/C13H17N5O7/c1-21-12(19)24-5-3-4-23-11(25-13(20)22-2)18-7-16-8-6-15-10(14)17-9(8)18/h6-7,11H,3-5H2,1-2H3,(H2,14,15,17). The molecule has 0 aliphatic heterocycles. The summed E-state index contributed by atoms with van der Waals surface area (Å²) in [6.45, 7) is 0.163. The second-order valence-corrected chi connectivity index (χ2v) is 4.49. The van der Waals surface area contributed by atoms with Crippen molar-refractivity contribution in [2.24, 2.45) is 0 Å². The van der Waals surface area contributed by atoms with Crippen molar-refractivity contribution in [1.29, 1.82) is 0 Å². The molecule has 2 rings (SSSR count). The zero-order chi connectivity index (χ0) is 18.2. The Bertz CT molecular complexity index is 735. The minimum absolute atomic E-state index is 0.0255. The summed E-state index contributed by atoms with van der Waals surface area (Å²) in [5.41, 5.74) is 6.31. The van der Waals surface area contributed by atoms with Crippen LogP contribution in [0.2, 0.25) is 0 Å². The van der Waals surface area contributed by atoms with E-state index in [1.807, 2.05) is 0 Å². The van der Waals surface area contributed by atoms with Gasteiger partial charge in [-0.05, 0) is 0 Å². The van der Waals surface area contributed by atoms with Crippen molar-refractivity contribution in [3.63, 3.8) is 0 Å². The molecule has 0 aliphatic rings. The zero-order valence-corrected chi connectivity index (χ0v) is 13.6. The summed E-state index contributed by atoms with van der Waals surface area (Å²) < 4.78 is 25.4. The van der Waals surface area contributed by atoms with Crippen LogP contribution in [0.3, 0.4) is 0 Å². The van der Waals surface area contributed by atoms with Gasteiger partial charge in [0.25, 0.3) is 6.41 Å². The Morgan fingerprint density at radius 2 is 1.96 bits per heavy atom. The van der Waals surface area contributed by atoms with Gasteiger partial charge in [-0.1, -0.05) is 0 Å². The molecule has 0 spiro atoms. The van der Waals surface area contributed by atoms with E-state index in [2.05, 4.69) is 24.4 Å². The van der Waals surface area contributed by atoms with Gasteiger partial charge in [0.2, 0.25) is 5.95 Å². The van der Waals surface area contributed by atoms with Gasteiger partial charge >= 0.3 is 12.3 Å². The molecule has 0 saturated carbocycles. The zero-order valence-electron chi connectivity index (χ0n) is 13.6. The third-order valence-electron chi connectivity index (χ3n) is 2.86. The molecule has 1 unspecified atom stereocenters. The van der Waals surface area contributed by atoms with Crippen molar-refractivity contribution >= 4 is 29.4 Å². The van der Waals surface area contributed by atoms with Crippen molar-refractivity contribution in [3.05, 3.63) is 12.5 Å². The summed E-state index contributed by atoms with van der Waals surface area (Å²) in [6.07, 6.45) is 0.157. The Balaban J connectivity index is 2.05. The number of aromatic nitrogens is 4. The maximum atomic E-state index is 11.4. The lowest BCUT2D eigenvalue weighted by Crippen LogP contribution is -2.21. The van der Waals surface area contributed by atoms with Gasteiger partial charge in [-0.3, -0.25) is 4.57 Å². The van der Waals surface area contributed by atoms with E-state index in [0.29, 0.717) is 17.6 Å². The third-order valence-corrected chi connectivity index (χ3v) is 2.86. The molecule has 0 saturated heterocycles. The highest BCUT2D eigenvalue weighted by Gasteiger charge is 2.21. The number of nitrogen functional groups attached to an aromatic ring is 1. The van der Waals surface area contributed by atoms with Crippen molar-refractivity contribution < 1.29 is 33.3 Å². The smallest absolute Gasteiger partial charge is 0.438 e. The topological polar surface area (TPSA) is 150 Å². The molecule has 0 radical (unpaired) electrons. The first kappa shape index (κ1) is 18.2. The number of hydrogen-bond donors (Lipinski definition) is 1. The molecule has 0 bridgehead atoms. The third kappa shape index (κ3) is 4.91. The Morgan fingerprint density at radius 3 is 2.68 bits per heavy atom. The molecule has 136 valence electrons. The average molecular weight is 355 g/mol. The molecule has 2 N–H and O–H groups in total. The highest BCUT2D eigenvalue weighted by atomic mass is 16.8. The second kappa shape index (κ2) is 8.63. The predicted octanol–water partition coefficient (Wildman–Crippen LogP) is 0.837. The fourth-order valence-electron chi connectivity index (χ4n) is 1.75. The van der Waals surface area contributed by atoms with E-state index >= 15 is 0 Å². The molecule has 0 fully saturated rings. The maximum absolute atomic E-state index is 11.4. The summed E-state index contributed by atoms with van der Waals surface area (Å²) in [4.78, 5) is 34.2. The van der Waals surface area contributed by atoms with Gasteiger partial charge in [0.1, 0.15) is 11.8 Å². The van der Waals surface area contributed by atoms with Crippen molar-refractivity contribution in [3.8, 4) is 0 Å². The van der Waals surface area contributed by atoms with Gasteiger partial charge in [0, 0.05) is 6.42 Å². The molecule has 2 aromatic rings. The molecule has 0 aliphatic carbocycles. The summed E-state index contributed by atoms with van der Waals surface area (Å²) in [5, 5.41) is 0. The number of nitrogens with zero attached hydrogens (tertiary/aromatic N) is 4. The Kier molecular flexibility index (Phi) is 6.28. The van der Waals surface area contributed by atoms with Crippen LogP contribution in [-0.4, -0.2) is 59.3 Å². The number of imidazole rings is 1. The fourth-order valence-corrected chi connectivity index (χ4v) is 1.75. The predicted molar refractivity (Wildman–Crippen MR) is 81.2 cm³/mol. The summed E-state index contributed by atoms with van der Waals surface area (Å²) in [7, 11) is 2.37. The van der Waals surface area contributed by atoms with Crippen LogP contribution < -0.4 is 5.73 Å². The lowest BCUT2D eigenvalue weighted by molar-refractivity contribution is -0.166. The highest BCUT2D eigenvalue weighted by Crippen LogP contribution is 2.19. The molecule has 0 aromatic carbocycles. The summed E-state index contributed by atoms with van der Waals surface area (Å²) in [6, 6.07) is 0. The van der Waals surface area contributed by atoms with E-state index in [1.54, 1.807) is 0 Å². The number of hydrogen-bond acceptors (Lipinski definition) is 11. The van der Waals surface area contributed by atoms with Gasteiger partial charge in [0.05, 0.1) is 33.6 Å². The Labute approximate surface area is 141 Å². The first-order valence-corrected chi connectivity index (χ1v) is 7.07. The van der Waals surface area contributed by atoms with E-state index < -0.39 is 18.7 Å².